The molecule has 2 aromatic rings. The summed E-state index contributed by atoms with van der Waals surface area (Å²) in [5.74, 6) is -0.487. The van der Waals surface area contributed by atoms with E-state index in [0.717, 1.165) is 22.3 Å². The Balaban J connectivity index is 1.41. The quantitative estimate of drug-likeness (QED) is 0.637. The van der Waals surface area contributed by atoms with Crippen LogP contribution in [0.5, 0.6) is 0 Å². The van der Waals surface area contributed by atoms with Gasteiger partial charge in [0, 0.05) is 42.0 Å². The maximum Gasteiger partial charge on any atom is 0.416 e. The summed E-state index contributed by atoms with van der Waals surface area (Å²) in [5, 5.41) is 5.36. The number of nitrogens with zero attached hydrogens (tertiary/aromatic N) is 2. The molecule has 3 rings (SSSR count). The number of carbonyl (C=O) groups is 2. The van der Waals surface area contributed by atoms with E-state index in [1.54, 1.807) is 0 Å². The van der Waals surface area contributed by atoms with Crippen LogP contribution in [0.25, 0.3) is 0 Å². The minimum atomic E-state index is -4.46. The third kappa shape index (κ3) is 7.34. The van der Waals surface area contributed by atoms with Gasteiger partial charge in [0.25, 0.3) is 0 Å². The first-order chi connectivity index (χ1) is 14.7. The van der Waals surface area contributed by atoms with Crippen LogP contribution in [-0.4, -0.2) is 60.9 Å². The van der Waals surface area contributed by atoms with Gasteiger partial charge in [-0.1, -0.05) is 22.0 Å². The van der Waals surface area contributed by atoms with Crippen molar-refractivity contribution in [3.05, 3.63) is 58.6 Å². The molecule has 2 amide bonds. The van der Waals surface area contributed by atoms with Crippen molar-refractivity contribution in [2.75, 3.05) is 49.9 Å². The minimum absolute atomic E-state index is 0.0785. The number of hydrogen-bond acceptors (Lipinski definition) is 4. The third-order valence-corrected chi connectivity index (χ3v) is 5.33. The van der Waals surface area contributed by atoms with Crippen molar-refractivity contribution < 1.29 is 22.8 Å². The van der Waals surface area contributed by atoms with Gasteiger partial charge >= 0.3 is 6.18 Å². The number of nitrogens with one attached hydrogen (secondary N) is 2. The van der Waals surface area contributed by atoms with Crippen LogP contribution in [-0.2, 0) is 15.8 Å². The molecule has 0 spiro atoms. The molecule has 1 aliphatic rings. The summed E-state index contributed by atoms with van der Waals surface area (Å²) in [6.45, 7) is 2.73. The second-order valence-electron chi connectivity index (χ2n) is 7.23. The molecule has 166 valence electrons. The molecule has 1 aliphatic heterocycles. The van der Waals surface area contributed by atoms with Crippen molar-refractivity contribution in [2.45, 2.75) is 6.18 Å². The summed E-state index contributed by atoms with van der Waals surface area (Å²) >= 11 is 3.34. The summed E-state index contributed by atoms with van der Waals surface area (Å²) in [5.41, 5.74) is 0.0292. The molecule has 0 atom stereocenters. The van der Waals surface area contributed by atoms with Gasteiger partial charge in [-0.3, -0.25) is 19.4 Å². The smallest absolute Gasteiger partial charge is 0.325 e. The molecule has 2 aromatic carbocycles. The Morgan fingerprint density at radius 3 is 1.87 bits per heavy atom. The van der Waals surface area contributed by atoms with E-state index in [9.17, 15) is 22.8 Å². The van der Waals surface area contributed by atoms with Crippen molar-refractivity contribution in [3.63, 3.8) is 0 Å². The highest BCUT2D eigenvalue weighted by Crippen LogP contribution is 2.30. The van der Waals surface area contributed by atoms with Gasteiger partial charge in [-0.25, -0.2) is 0 Å². The van der Waals surface area contributed by atoms with E-state index >= 15 is 0 Å². The normalized spacial score (nSPS) is 15.5. The topological polar surface area (TPSA) is 64.7 Å². The van der Waals surface area contributed by atoms with Gasteiger partial charge in [-0.15, -0.1) is 0 Å². The van der Waals surface area contributed by atoms with Crippen molar-refractivity contribution in [1.29, 1.82) is 0 Å². The molecule has 31 heavy (non-hydrogen) atoms. The Morgan fingerprint density at radius 2 is 1.35 bits per heavy atom. The van der Waals surface area contributed by atoms with Crippen LogP contribution in [0.15, 0.2) is 53.0 Å². The second kappa shape index (κ2) is 10.3. The van der Waals surface area contributed by atoms with E-state index in [0.29, 0.717) is 26.2 Å². The molecule has 1 heterocycles. The second-order valence-corrected chi connectivity index (χ2v) is 8.15. The van der Waals surface area contributed by atoms with Crippen LogP contribution >= 0.6 is 15.9 Å². The molecule has 2 N–H and O–H groups in total. The SMILES string of the molecule is O=C(CN1CCN(CC(=O)Nc2cccc(C(F)(F)F)c2)CC1)Nc1ccc(Br)cc1. The number of carbonyl (C=O) groups excluding carboxylic acids is 2. The Bertz CT molecular complexity index is 914. The number of hydrogen-bond donors (Lipinski definition) is 2. The molecule has 10 heteroatoms. The molecular weight excluding hydrogens is 477 g/mol. The molecule has 6 nitrogen and oxygen atoms in total. The van der Waals surface area contributed by atoms with Crippen LogP contribution in [0.3, 0.4) is 0 Å². The molecule has 0 radical (unpaired) electrons. The maximum absolute atomic E-state index is 12.8. The van der Waals surface area contributed by atoms with E-state index < -0.39 is 11.7 Å². The predicted molar refractivity (Wildman–Crippen MR) is 116 cm³/mol. The number of rotatable bonds is 6. The van der Waals surface area contributed by atoms with Gasteiger partial charge in [0.05, 0.1) is 18.7 Å². The van der Waals surface area contributed by atoms with Gasteiger partial charge in [-0.05, 0) is 42.5 Å². The van der Waals surface area contributed by atoms with E-state index in [1.807, 2.05) is 34.1 Å². The summed E-state index contributed by atoms with van der Waals surface area (Å²) < 4.78 is 39.3. The number of halogens is 4. The molecule has 0 aromatic heterocycles. The van der Waals surface area contributed by atoms with E-state index in [2.05, 4.69) is 26.6 Å². The molecule has 0 aliphatic carbocycles. The van der Waals surface area contributed by atoms with Gasteiger partial charge in [0.15, 0.2) is 0 Å². The highest BCUT2D eigenvalue weighted by molar-refractivity contribution is 9.10. The summed E-state index contributed by atoms with van der Waals surface area (Å²) in [4.78, 5) is 28.3. The van der Waals surface area contributed by atoms with Gasteiger partial charge < -0.3 is 10.6 Å². The van der Waals surface area contributed by atoms with Crippen LogP contribution in [0.2, 0.25) is 0 Å². The lowest BCUT2D eigenvalue weighted by atomic mass is 10.2. The highest BCUT2D eigenvalue weighted by Gasteiger charge is 2.30. The Morgan fingerprint density at radius 1 is 0.839 bits per heavy atom. The van der Waals surface area contributed by atoms with E-state index in [4.69, 9.17) is 0 Å². The van der Waals surface area contributed by atoms with Gasteiger partial charge in [0.2, 0.25) is 11.8 Å². The number of amides is 2. The lowest BCUT2D eigenvalue weighted by Crippen LogP contribution is -2.50. The lowest BCUT2D eigenvalue weighted by Gasteiger charge is -2.33. The first kappa shape index (κ1) is 23.2. The average Bonchev–Trinajstić information content (AvgIpc) is 2.71. The van der Waals surface area contributed by atoms with Crippen LogP contribution in [0.1, 0.15) is 5.56 Å². The number of anilines is 2. The van der Waals surface area contributed by atoms with Crippen molar-refractivity contribution in [2.24, 2.45) is 0 Å². The molecule has 0 saturated carbocycles. The first-order valence-electron chi connectivity index (χ1n) is 9.66. The van der Waals surface area contributed by atoms with Gasteiger partial charge in [0.1, 0.15) is 0 Å². The molecule has 1 saturated heterocycles. The van der Waals surface area contributed by atoms with Crippen molar-refractivity contribution in [3.8, 4) is 0 Å². The average molecular weight is 499 g/mol. The zero-order chi connectivity index (χ0) is 22.4. The fourth-order valence-corrected chi connectivity index (χ4v) is 3.48. The Labute approximate surface area is 186 Å². The summed E-state index contributed by atoms with van der Waals surface area (Å²) in [6.07, 6.45) is -4.46. The summed E-state index contributed by atoms with van der Waals surface area (Å²) in [6, 6.07) is 11.9. The highest BCUT2D eigenvalue weighted by atomic mass is 79.9. The van der Waals surface area contributed by atoms with Gasteiger partial charge in [-0.2, -0.15) is 13.2 Å². The minimum Gasteiger partial charge on any atom is -0.325 e. The summed E-state index contributed by atoms with van der Waals surface area (Å²) in [7, 11) is 0. The Kier molecular flexibility index (Phi) is 7.69. The number of alkyl halides is 3. The lowest BCUT2D eigenvalue weighted by molar-refractivity contribution is -0.137. The Hall–Kier alpha value is -2.43. The van der Waals surface area contributed by atoms with Crippen LogP contribution < -0.4 is 10.6 Å². The molecule has 1 fully saturated rings. The predicted octanol–water partition coefficient (Wildman–Crippen LogP) is 3.66. The fourth-order valence-electron chi connectivity index (χ4n) is 3.22. The van der Waals surface area contributed by atoms with E-state index in [1.165, 1.54) is 12.1 Å². The monoisotopic (exact) mass is 498 g/mol. The first-order valence-corrected chi connectivity index (χ1v) is 10.5. The standard InChI is InChI=1S/C21H22BrF3N4O2/c22-16-4-6-17(7-5-16)26-19(30)13-28-8-10-29(11-9-28)14-20(31)27-18-3-1-2-15(12-18)21(23,24)25/h1-7,12H,8-11,13-14H2,(H,26,30)(H,27,31). The largest absolute Gasteiger partial charge is 0.416 e. The fraction of sp³-hybridized carbons (Fsp3) is 0.333. The number of benzene rings is 2. The molecular formula is C21H22BrF3N4O2. The molecule has 0 unspecified atom stereocenters. The van der Waals surface area contributed by atoms with E-state index in [-0.39, 0.29) is 30.6 Å². The zero-order valence-corrected chi connectivity index (χ0v) is 18.2. The van der Waals surface area contributed by atoms with Crippen LogP contribution in [0, 0.1) is 0 Å². The maximum atomic E-state index is 12.8. The third-order valence-electron chi connectivity index (χ3n) is 4.80. The number of piperazine rings is 1. The van der Waals surface area contributed by atoms with Crippen molar-refractivity contribution >= 4 is 39.1 Å². The zero-order valence-electron chi connectivity index (χ0n) is 16.6. The van der Waals surface area contributed by atoms with Crippen LogP contribution in [0.4, 0.5) is 24.5 Å². The van der Waals surface area contributed by atoms with Crippen molar-refractivity contribution in [1.82, 2.24) is 9.80 Å². The molecule has 0 bridgehead atoms.